The molecule has 36 heavy (non-hydrogen) atoms. The highest BCUT2D eigenvalue weighted by molar-refractivity contribution is 8.00. The number of carbonyl (C=O) groups is 2. The van der Waals surface area contributed by atoms with Crippen LogP contribution in [0.4, 0.5) is 5.13 Å². The van der Waals surface area contributed by atoms with Crippen LogP contribution in [-0.4, -0.2) is 39.1 Å². The SMILES string of the molecule is COc1ccc(/C(O)=C2\C(=O)C(=O)N(c3nnc(SCc4ccccc4)s3)C2c2cccnc2)cc1. The number of thioether (sulfide) groups is 1. The third-order valence-electron chi connectivity index (χ3n) is 5.62. The summed E-state index contributed by atoms with van der Waals surface area (Å²) in [5, 5.41) is 19.9. The molecule has 2 aromatic carbocycles. The van der Waals surface area contributed by atoms with E-state index in [0.29, 0.717) is 27.0 Å². The van der Waals surface area contributed by atoms with Gasteiger partial charge in [-0.2, -0.15) is 0 Å². The quantitative estimate of drug-likeness (QED) is 0.122. The Hall–Kier alpha value is -4.02. The van der Waals surface area contributed by atoms with Crippen molar-refractivity contribution in [3.05, 3.63) is 101 Å². The van der Waals surface area contributed by atoms with Crippen LogP contribution in [0.25, 0.3) is 5.76 Å². The van der Waals surface area contributed by atoms with Gasteiger partial charge in [-0.05, 0) is 41.5 Å². The van der Waals surface area contributed by atoms with Crippen LogP contribution < -0.4 is 9.64 Å². The second-order valence-corrected chi connectivity index (χ2v) is 9.99. The maximum absolute atomic E-state index is 13.2. The van der Waals surface area contributed by atoms with Crippen molar-refractivity contribution in [1.82, 2.24) is 15.2 Å². The zero-order valence-corrected chi connectivity index (χ0v) is 20.7. The summed E-state index contributed by atoms with van der Waals surface area (Å²) in [6, 6.07) is 19.1. The molecule has 5 rings (SSSR count). The number of aliphatic hydroxyl groups is 1. The number of nitrogens with zero attached hydrogens (tertiary/aromatic N) is 4. The van der Waals surface area contributed by atoms with Gasteiger partial charge in [0.25, 0.3) is 5.78 Å². The standard InChI is InChI=1S/C26H20N4O4S2/c1-34-19-11-9-17(10-12-19)22(31)20-21(18-8-5-13-27-14-18)30(24(33)23(20)32)25-28-29-26(36-25)35-15-16-6-3-2-4-7-16/h2-14,21,31H,15H2,1H3/b22-20+. The molecule has 0 radical (unpaired) electrons. The molecule has 10 heteroatoms. The zero-order chi connectivity index (χ0) is 25.1. The number of pyridine rings is 1. The average molecular weight is 517 g/mol. The third-order valence-corrected chi connectivity index (χ3v) is 7.74. The number of aliphatic hydroxyl groups excluding tert-OH is 1. The van der Waals surface area contributed by atoms with Gasteiger partial charge in [0.2, 0.25) is 5.13 Å². The number of anilines is 1. The lowest BCUT2D eigenvalue weighted by atomic mass is 9.96. The van der Waals surface area contributed by atoms with Gasteiger partial charge in [-0.1, -0.05) is 59.5 Å². The third kappa shape index (κ3) is 4.60. The Bertz CT molecular complexity index is 1420. The maximum Gasteiger partial charge on any atom is 0.301 e. The van der Waals surface area contributed by atoms with E-state index >= 15 is 0 Å². The monoisotopic (exact) mass is 516 g/mol. The predicted molar refractivity (Wildman–Crippen MR) is 138 cm³/mol. The summed E-state index contributed by atoms with van der Waals surface area (Å²) >= 11 is 2.72. The van der Waals surface area contributed by atoms with Gasteiger partial charge >= 0.3 is 5.91 Å². The molecule has 4 aromatic rings. The normalized spacial score (nSPS) is 16.9. The Morgan fingerprint density at radius 1 is 1.06 bits per heavy atom. The number of aromatic nitrogens is 3. The van der Waals surface area contributed by atoms with Crippen LogP contribution in [-0.2, 0) is 15.3 Å². The van der Waals surface area contributed by atoms with Gasteiger partial charge in [-0.3, -0.25) is 19.5 Å². The topological polar surface area (TPSA) is 106 Å². The Morgan fingerprint density at radius 2 is 1.83 bits per heavy atom. The van der Waals surface area contributed by atoms with Crippen LogP contribution in [0.15, 0.2) is 89.0 Å². The first-order valence-electron chi connectivity index (χ1n) is 10.9. The van der Waals surface area contributed by atoms with Gasteiger partial charge in [0, 0.05) is 23.7 Å². The number of hydrogen-bond donors (Lipinski definition) is 1. The van der Waals surface area contributed by atoms with Crippen molar-refractivity contribution in [2.45, 2.75) is 16.1 Å². The first-order chi connectivity index (χ1) is 17.6. The summed E-state index contributed by atoms with van der Waals surface area (Å²) in [6.07, 6.45) is 3.17. The number of Topliss-reactive ketones (excluding diaryl/α,β-unsaturated/α-hetero) is 1. The minimum Gasteiger partial charge on any atom is -0.507 e. The lowest BCUT2D eigenvalue weighted by molar-refractivity contribution is -0.132. The molecule has 180 valence electrons. The summed E-state index contributed by atoms with van der Waals surface area (Å²) in [5.74, 6) is -0.570. The first kappa shape index (κ1) is 23.7. The first-order valence-corrected chi connectivity index (χ1v) is 12.7. The summed E-state index contributed by atoms with van der Waals surface area (Å²) in [5.41, 5.74) is 2.06. The molecule has 1 aliphatic heterocycles. The van der Waals surface area contributed by atoms with E-state index in [1.807, 2.05) is 30.3 Å². The van der Waals surface area contributed by atoms with E-state index in [1.54, 1.807) is 48.8 Å². The van der Waals surface area contributed by atoms with Crippen LogP contribution >= 0.6 is 23.1 Å². The van der Waals surface area contributed by atoms with E-state index in [9.17, 15) is 14.7 Å². The second kappa shape index (κ2) is 10.3. The maximum atomic E-state index is 13.2. The minimum absolute atomic E-state index is 0.0353. The fourth-order valence-corrected chi connectivity index (χ4v) is 5.69. The van der Waals surface area contributed by atoms with Crippen LogP contribution in [0.2, 0.25) is 0 Å². The lowest BCUT2D eigenvalue weighted by Gasteiger charge is -2.22. The van der Waals surface area contributed by atoms with Crippen molar-refractivity contribution in [3.63, 3.8) is 0 Å². The highest BCUT2D eigenvalue weighted by Gasteiger charge is 2.48. The van der Waals surface area contributed by atoms with E-state index in [1.165, 1.54) is 35.1 Å². The van der Waals surface area contributed by atoms with Gasteiger partial charge in [0.15, 0.2) is 4.34 Å². The number of ketones is 1. The molecule has 0 saturated carbocycles. The fraction of sp³-hybridized carbons (Fsp3) is 0.115. The number of hydrogen-bond acceptors (Lipinski definition) is 9. The second-order valence-electron chi connectivity index (χ2n) is 7.81. The molecule has 1 N–H and O–H groups in total. The summed E-state index contributed by atoms with van der Waals surface area (Å²) in [6.45, 7) is 0. The smallest absolute Gasteiger partial charge is 0.301 e. The van der Waals surface area contributed by atoms with Crippen LogP contribution in [0.1, 0.15) is 22.7 Å². The average Bonchev–Trinajstić information content (AvgIpc) is 3.50. The van der Waals surface area contributed by atoms with Gasteiger partial charge < -0.3 is 9.84 Å². The molecule has 1 aliphatic rings. The molecule has 0 bridgehead atoms. The number of amides is 1. The zero-order valence-electron chi connectivity index (χ0n) is 19.1. The molecule has 0 aliphatic carbocycles. The molecular formula is C26H20N4O4S2. The van der Waals surface area contributed by atoms with E-state index < -0.39 is 17.7 Å². The van der Waals surface area contributed by atoms with Crippen molar-refractivity contribution in [1.29, 1.82) is 0 Å². The van der Waals surface area contributed by atoms with Crippen LogP contribution in [0, 0.1) is 0 Å². The van der Waals surface area contributed by atoms with Crippen LogP contribution in [0.5, 0.6) is 5.75 Å². The highest BCUT2D eigenvalue weighted by atomic mass is 32.2. The highest BCUT2D eigenvalue weighted by Crippen LogP contribution is 2.43. The Balaban J connectivity index is 1.53. The largest absolute Gasteiger partial charge is 0.507 e. The number of carbonyl (C=O) groups excluding carboxylic acids is 2. The van der Waals surface area contributed by atoms with Crippen molar-refractivity contribution < 1.29 is 19.4 Å². The molecule has 1 amide bonds. The molecular weight excluding hydrogens is 496 g/mol. The fourth-order valence-electron chi connectivity index (χ4n) is 3.86. The molecule has 0 spiro atoms. The predicted octanol–water partition coefficient (Wildman–Crippen LogP) is 4.86. The number of methoxy groups -OCH3 is 1. The molecule has 1 fully saturated rings. The van der Waals surface area contributed by atoms with Crippen molar-refractivity contribution >= 4 is 45.7 Å². The van der Waals surface area contributed by atoms with Crippen molar-refractivity contribution in [2.24, 2.45) is 0 Å². The van der Waals surface area contributed by atoms with Crippen molar-refractivity contribution in [3.8, 4) is 5.75 Å². The van der Waals surface area contributed by atoms with E-state index in [-0.39, 0.29) is 16.5 Å². The van der Waals surface area contributed by atoms with Gasteiger partial charge in [-0.25, -0.2) is 0 Å². The minimum atomic E-state index is -0.902. The van der Waals surface area contributed by atoms with Gasteiger partial charge in [0.1, 0.15) is 11.5 Å². The van der Waals surface area contributed by atoms with Crippen LogP contribution in [0.3, 0.4) is 0 Å². The molecule has 3 heterocycles. The Morgan fingerprint density at radius 3 is 2.53 bits per heavy atom. The number of ether oxygens (including phenoxy) is 1. The molecule has 1 saturated heterocycles. The number of rotatable bonds is 7. The van der Waals surface area contributed by atoms with Gasteiger partial charge in [-0.15, -0.1) is 10.2 Å². The van der Waals surface area contributed by atoms with Gasteiger partial charge in [0.05, 0.1) is 18.7 Å². The molecule has 1 unspecified atom stereocenters. The summed E-state index contributed by atoms with van der Waals surface area (Å²) in [4.78, 5) is 31.9. The van der Waals surface area contributed by atoms with Crippen molar-refractivity contribution in [2.75, 3.05) is 12.0 Å². The lowest BCUT2D eigenvalue weighted by Crippen LogP contribution is -2.29. The van der Waals surface area contributed by atoms with E-state index in [0.717, 1.165) is 5.56 Å². The Kier molecular flexibility index (Phi) is 6.79. The molecule has 1 atom stereocenters. The summed E-state index contributed by atoms with van der Waals surface area (Å²) in [7, 11) is 1.54. The van der Waals surface area contributed by atoms with E-state index in [2.05, 4.69) is 15.2 Å². The molecule has 2 aromatic heterocycles. The van der Waals surface area contributed by atoms with E-state index in [4.69, 9.17) is 4.74 Å². The number of benzene rings is 2. The Labute approximate surface area is 215 Å². The molecule has 8 nitrogen and oxygen atoms in total. The summed E-state index contributed by atoms with van der Waals surface area (Å²) < 4.78 is 5.84.